The molecule has 1 rings (SSSR count). The van der Waals surface area contributed by atoms with Crippen molar-refractivity contribution in [3.05, 3.63) is 22.3 Å². The van der Waals surface area contributed by atoms with E-state index in [-0.39, 0.29) is 11.5 Å². The van der Waals surface area contributed by atoms with Crippen molar-refractivity contribution in [1.29, 1.82) is 0 Å². The second-order valence-corrected chi connectivity index (χ2v) is 7.82. The lowest BCUT2D eigenvalue weighted by Gasteiger charge is -2.29. The molecular formula is C14H24O2S. The smallest absolute Gasteiger partial charge is 0.158 e. The fraction of sp³-hybridized carbons (Fsp3) is 0.714. The van der Waals surface area contributed by atoms with E-state index in [1.54, 1.807) is 0 Å². The molecule has 0 fully saturated rings. The minimum Gasteiger partial charge on any atom is -0.228 e. The van der Waals surface area contributed by atoms with E-state index in [0.717, 1.165) is 16.7 Å². The third-order valence-electron chi connectivity index (χ3n) is 3.29. The fourth-order valence-corrected chi connectivity index (χ4v) is 4.42. The van der Waals surface area contributed by atoms with Gasteiger partial charge in [-0.1, -0.05) is 33.3 Å². The van der Waals surface area contributed by atoms with Gasteiger partial charge in [0, 0.05) is 0 Å². The van der Waals surface area contributed by atoms with Crippen LogP contribution in [0.3, 0.4) is 0 Å². The van der Waals surface area contributed by atoms with Gasteiger partial charge in [0.2, 0.25) is 0 Å². The number of sulfone groups is 1. The van der Waals surface area contributed by atoms with Crippen LogP contribution < -0.4 is 0 Å². The van der Waals surface area contributed by atoms with Crippen molar-refractivity contribution in [3.8, 4) is 0 Å². The summed E-state index contributed by atoms with van der Waals surface area (Å²) < 4.78 is 24.0. The third-order valence-corrected chi connectivity index (χ3v) is 4.77. The number of hydrogen-bond donors (Lipinski definition) is 0. The zero-order valence-corrected chi connectivity index (χ0v) is 12.6. The SMILES string of the molecule is CC(C)=C1CS(=O)(=O)CC(C(C)C)=C1C(C)C. The summed E-state index contributed by atoms with van der Waals surface area (Å²) in [6.07, 6.45) is 0. The van der Waals surface area contributed by atoms with Gasteiger partial charge in [0.05, 0.1) is 11.5 Å². The van der Waals surface area contributed by atoms with Crippen molar-refractivity contribution in [2.45, 2.75) is 41.5 Å². The van der Waals surface area contributed by atoms with Crippen LogP contribution in [0.1, 0.15) is 41.5 Å². The summed E-state index contributed by atoms with van der Waals surface area (Å²) in [5.41, 5.74) is 4.59. The first-order valence-electron chi connectivity index (χ1n) is 6.25. The van der Waals surface area contributed by atoms with E-state index < -0.39 is 9.84 Å². The van der Waals surface area contributed by atoms with Crippen molar-refractivity contribution in [3.63, 3.8) is 0 Å². The summed E-state index contributed by atoms with van der Waals surface area (Å²) in [5.74, 6) is 1.17. The van der Waals surface area contributed by atoms with Gasteiger partial charge in [0.1, 0.15) is 0 Å². The monoisotopic (exact) mass is 256 g/mol. The van der Waals surface area contributed by atoms with Gasteiger partial charge < -0.3 is 0 Å². The quantitative estimate of drug-likeness (QED) is 0.759. The molecule has 0 atom stereocenters. The lowest BCUT2D eigenvalue weighted by Crippen LogP contribution is -2.27. The molecule has 0 N–H and O–H groups in total. The molecule has 1 aliphatic rings. The Hall–Kier alpha value is -0.570. The Morgan fingerprint density at radius 3 is 1.88 bits per heavy atom. The molecule has 0 saturated carbocycles. The Morgan fingerprint density at radius 2 is 1.53 bits per heavy atom. The van der Waals surface area contributed by atoms with Gasteiger partial charge in [0.25, 0.3) is 0 Å². The highest BCUT2D eigenvalue weighted by molar-refractivity contribution is 7.91. The molecule has 98 valence electrons. The van der Waals surface area contributed by atoms with Crippen molar-refractivity contribution >= 4 is 9.84 Å². The molecule has 1 aliphatic heterocycles. The highest BCUT2D eigenvalue weighted by Gasteiger charge is 2.30. The van der Waals surface area contributed by atoms with Crippen LogP contribution in [0.5, 0.6) is 0 Å². The predicted octanol–water partition coefficient (Wildman–Crippen LogP) is 3.36. The van der Waals surface area contributed by atoms with Gasteiger partial charge in [-0.25, -0.2) is 8.42 Å². The molecule has 3 heteroatoms. The molecule has 0 unspecified atom stereocenters. The molecule has 0 saturated heterocycles. The summed E-state index contributed by atoms with van der Waals surface area (Å²) >= 11 is 0. The number of rotatable bonds is 2. The highest BCUT2D eigenvalue weighted by atomic mass is 32.2. The average molecular weight is 256 g/mol. The second-order valence-electron chi connectivity index (χ2n) is 5.76. The molecular weight excluding hydrogens is 232 g/mol. The van der Waals surface area contributed by atoms with Crippen LogP contribution >= 0.6 is 0 Å². The minimum atomic E-state index is -2.95. The Morgan fingerprint density at radius 1 is 1.00 bits per heavy atom. The van der Waals surface area contributed by atoms with Crippen LogP contribution in [0.15, 0.2) is 22.3 Å². The normalized spacial score (nSPS) is 20.4. The van der Waals surface area contributed by atoms with Crippen LogP contribution in [0.4, 0.5) is 0 Å². The minimum absolute atomic E-state index is 0.221. The lowest BCUT2D eigenvalue weighted by molar-refractivity contribution is 0.590. The molecule has 0 aromatic heterocycles. The van der Waals surface area contributed by atoms with E-state index in [9.17, 15) is 8.42 Å². The summed E-state index contributed by atoms with van der Waals surface area (Å²) in [4.78, 5) is 0. The summed E-state index contributed by atoms with van der Waals surface area (Å²) in [6, 6.07) is 0. The molecule has 0 bridgehead atoms. The van der Waals surface area contributed by atoms with Gasteiger partial charge in [-0.3, -0.25) is 0 Å². The predicted molar refractivity (Wildman–Crippen MR) is 73.7 cm³/mol. The Balaban J connectivity index is 3.52. The average Bonchev–Trinajstić information content (AvgIpc) is 2.14. The topological polar surface area (TPSA) is 34.1 Å². The molecule has 0 aromatic rings. The van der Waals surface area contributed by atoms with Crippen LogP contribution in [0.25, 0.3) is 0 Å². The standard InChI is InChI=1S/C14H24O2S/c1-9(2)12-7-17(15,16)8-13(10(3)4)14(12)11(5)6/h9,11H,7-8H2,1-6H3. The van der Waals surface area contributed by atoms with Gasteiger partial charge >= 0.3 is 0 Å². The first-order chi connectivity index (χ1) is 7.65. The van der Waals surface area contributed by atoms with Crippen LogP contribution in [0, 0.1) is 11.8 Å². The van der Waals surface area contributed by atoms with Crippen molar-refractivity contribution < 1.29 is 8.42 Å². The zero-order valence-electron chi connectivity index (χ0n) is 11.8. The maximum atomic E-state index is 12.0. The summed E-state index contributed by atoms with van der Waals surface area (Å²) in [7, 11) is -2.95. The number of hydrogen-bond acceptors (Lipinski definition) is 2. The molecule has 0 radical (unpaired) electrons. The van der Waals surface area contributed by atoms with Gasteiger partial charge in [-0.15, -0.1) is 0 Å². The van der Waals surface area contributed by atoms with Gasteiger partial charge in [0.15, 0.2) is 9.84 Å². The van der Waals surface area contributed by atoms with Crippen molar-refractivity contribution in [1.82, 2.24) is 0 Å². The van der Waals surface area contributed by atoms with Gasteiger partial charge in [-0.05, 0) is 42.4 Å². The van der Waals surface area contributed by atoms with E-state index >= 15 is 0 Å². The second kappa shape index (κ2) is 4.97. The Bertz CT molecular complexity index is 458. The highest BCUT2D eigenvalue weighted by Crippen LogP contribution is 2.35. The van der Waals surface area contributed by atoms with E-state index in [1.807, 2.05) is 13.8 Å². The summed E-state index contributed by atoms with van der Waals surface area (Å²) in [6.45, 7) is 12.5. The molecule has 1 heterocycles. The molecule has 0 amide bonds. The van der Waals surface area contributed by atoms with Gasteiger partial charge in [-0.2, -0.15) is 0 Å². The largest absolute Gasteiger partial charge is 0.228 e. The lowest BCUT2D eigenvalue weighted by atomic mass is 9.85. The molecule has 0 aromatic carbocycles. The molecule has 0 spiro atoms. The molecule has 2 nitrogen and oxygen atoms in total. The van der Waals surface area contributed by atoms with Crippen molar-refractivity contribution in [2.75, 3.05) is 11.5 Å². The van der Waals surface area contributed by atoms with Crippen molar-refractivity contribution in [2.24, 2.45) is 11.8 Å². The Labute approximate surface area is 106 Å². The van der Waals surface area contributed by atoms with Crippen LogP contribution in [-0.4, -0.2) is 19.9 Å². The van der Waals surface area contributed by atoms with Crippen LogP contribution in [-0.2, 0) is 9.84 Å². The molecule has 0 aliphatic carbocycles. The fourth-order valence-electron chi connectivity index (χ4n) is 2.47. The first kappa shape index (κ1) is 14.5. The number of allylic oxidation sites excluding steroid dienone is 2. The maximum absolute atomic E-state index is 12.0. The van der Waals surface area contributed by atoms with E-state index in [2.05, 4.69) is 27.7 Å². The molecule has 17 heavy (non-hydrogen) atoms. The van der Waals surface area contributed by atoms with E-state index in [0.29, 0.717) is 11.8 Å². The van der Waals surface area contributed by atoms with E-state index in [1.165, 1.54) is 5.57 Å². The van der Waals surface area contributed by atoms with E-state index in [4.69, 9.17) is 0 Å². The third kappa shape index (κ3) is 3.21. The first-order valence-corrected chi connectivity index (χ1v) is 8.08. The summed E-state index contributed by atoms with van der Waals surface area (Å²) in [5, 5.41) is 0. The Kier molecular flexibility index (Phi) is 4.23. The maximum Gasteiger partial charge on any atom is 0.158 e. The zero-order chi connectivity index (χ0) is 13.4. The van der Waals surface area contributed by atoms with Crippen LogP contribution in [0.2, 0.25) is 0 Å².